The van der Waals surface area contributed by atoms with Crippen molar-refractivity contribution >= 4 is 52.5 Å². The molecule has 2 bridgehead atoms. The van der Waals surface area contributed by atoms with Crippen LogP contribution >= 0.6 is 23.4 Å². The van der Waals surface area contributed by atoms with E-state index in [0.29, 0.717) is 23.7 Å². The van der Waals surface area contributed by atoms with Crippen LogP contribution in [0.5, 0.6) is 0 Å². The van der Waals surface area contributed by atoms with Crippen LogP contribution in [-0.4, -0.2) is 69.5 Å². The molecule has 0 radical (unpaired) electrons. The van der Waals surface area contributed by atoms with Crippen molar-refractivity contribution < 1.29 is 19.5 Å². The zero-order valence-electron chi connectivity index (χ0n) is 24.1. The zero-order chi connectivity index (χ0) is 30.2. The third kappa shape index (κ3) is 4.77. The minimum atomic E-state index is -0.852. The van der Waals surface area contributed by atoms with Gasteiger partial charge in [-0.25, -0.2) is 0 Å². The van der Waals surface area contributed by atoms with E-state index >= 15 is 0 Å². The van der Waals surface area contributed by atoms with Crippen LogP contribution < -0.4 is 9.80 Å². The second-order valence-electron chi connectivity index (χ2n) is 11.3. The smallest absolute Gasteiger partial charge is 0.251 e. The lowest BCUT2D eigenvalue weighted by molar-refractivity contribution is -0.142. The molecule has 0 aromatic heterocycles. The Morgan fingerprint density at radius 2 is 1.67 bits per heavy atom. The number of fused-ring (bicyclic) bond motifs is 1. The quantitative estimate of drug-likeness (QED) is 0.356. The minimum absolute atomic E-state index is 0.000951. The molecule has 3 unspecified atom stereocenters. The molecule has 3 amide bonds. The fourth-order valence-corrected chi connectivity index (χ4v) is 9.81. The number of nitrogens with zero attached hydrogens (tertiary/aromatic N) is 3. The van der Waals surface area contributed by atoms with Crippen LogP contribution in [0, 0.1) is 17.8 Å². The molecule has 0 saturated carbocycles. The Morgan fingerprint density at radius 3 is 2.24 bits per heavy atom. The summed E-state index contributed by atoms with van der Waals surface area (Å²) < 4.78 is -0.815. The van der Waals surface area contributed by atoms with Crippen molar-refractivity contribution in [3.63, 3.8) is 0 Å². The molecule has 7 atom stereocenters. The molecule has 42 heavy (non-hydrogen) atoms. The largest absolute Gasteiger partial charge is 0.394 e. The second kappa shape index (κ2) is 12.3. The molecule has 2 aromatic rings. The molecule has 3 aliphatic heterocycles. The van der Waals surface area contributed by atoms with Gasteiger partial charge >= 0.3 is 0 Å². The number of para-hydroxylation sites is 1. The number of thioether (sulfide) groups is 1. The number of aliphatic hydroxyl groups excluding tert-OH is 1. The highest BCUT2D eigenvalue weighted by molar-refractivity contribution is 8.02. The third-order valence-electron chi connectivity index (χ3n) is 9.14. The van der Waals surface area contributed by atoms with Crippen molar-refractivity contribution in [1.29, 1.82) is 0 Å². The van der Waals surface area contributed by atoms with E-state index in [1.165, 1.54) is 0 Å². The second-order valence-corrected chi connectivity index (χ2v) is 13.3. The maximum Gasteiger partial charge on any atom is 0.251 e. The van der Waals surface area contributed by atoms with Crippen molar-refractivity contribution in [3.8, 4) is 0 Å². The SMILES string of the molecule is C=CCN(C(=O)C1N([C@@H](CC)CO)C(=O)[C@@H]2[C@H](C(=O)N(CC=C)c3ccccc3)[C@@H]3CC(C)C12S3)c1ccc(Cl)cc1. The molecular formula is C33H38ClN3O4S. The number of carbonyl (C=O) groups is 3. The number of carbonyl (C=O) groups excluding carboxylic acids is 3. The van der Waals surface area contributed by atoms with Crippen molar-refractivity contribution in [2.45, 2.75) is 48.8 Å². The van der Waals surface area contributed by atoms with Gasteiger partial charge in [0.2, 0.25) is 11.8 Å². The molecule has 9 heteroatoms. The molecule has 3 saturated heterocycles. The van der Waals surface area contributed by atoms with E-state index in [1.54, 1.807) is 62.9 Å². The van der Waals surface area contributed by atoms with Gasteiger partial charge < -0.3 is 19.8 Å². The van der Waals surface area contributed by atoms with Crippen LogP contribution in [0.1, 0.15) is 26.7 Å². The number of halogens is 1. The minimum Gasteiger partial charge on any atom is -0.394 e. The van der Waals surface area contributed by atoms with Gasteiger partial charge in [0.05, 0.1) is 29.2 Å². The van der Waals surface area contributed by atoms with Crippen LogP contribution in [0.3, 0.4) is 0 Å². The topological polar surface area (TPSA) is 81.2 Å². The fourth-order valence-electron chi connectivity index (χ4n) is 7.29. The monoisotopic (exact) mass is 607 g/mol. The van der Waals surface area contributed by atoms with Gasteiger partial charge in [0.15, 0.2) is 0 Å². The van der Waals surface area contributed by atoms with Crippen LogP contribution in [0.4, 0.5) is 11.4 Å². The lowest BCUT2D eigenvalue weighted by atomic mass is 9.65. The predicted molar refractivity (Wildman–Crippen MR) is 170 cm³/mol. The standard InChI is InChI=1S/C33H38ClN3O4S/c1-5-17-35(24-11-9-8-10-12-24)30(39)27-26-19-21(4)33(42-26)28(27)31(40)37(23(7-3)20-38)29(33)32(41)36(18-6-2)25-15-13-22(34)14-16-25/h5-6,8-16,21,23,26-29,38H,1-2,7,17-20H2,3-4H3/t21?,23-,26-,27+,28-,29?,33?/m0/s1. The maximum absolute atomic E-state index is 14.8. The lowest BCUT2D eigenvalue weighted by Crippen LogP contribution is -2.59. The number of aliphatic hydroxyl groups is 1. The summed E-state index contributed by atoms with van der Waals surface area (Å²) in [5.41, 5.74) is 1.39. The molecular weight excluding hydrogens is 570 g/mol. The highest BCUT2D eigenvalue weighted by Crippen LogP contribution is 2.69. The Kier molecular flexibility index (Phi) is 8.88. The van der Waals surface area contributed by atoms with Gasteiger partial charge in [-0.05, 0) is 55.2 Å². The molecule has 3 heterocycles. The number of anilines is 2. The van der Waals surface area contributed by atoms with E-state index in [2.05, 4.69) is 20.1 Å². The lowest BCUT2D eigenvalue weighted by Gasteiger charge is -2.42. The molecule has 7 nitrogen and oxygen atoms in total. The van der Waals surface area contributed by atoms with E-state index in [-0.39, 0.29) is 42.0 Å². The Labute approximate surface area is 257 Å². The average molecular weight is 608 g/mol. The fraction of sp³-hybridized carbons (Fsp3) is 0.424. The van der Waals surface area contributed by atoms with Gasteiger partial charge in [0, 0.05) is 34.7 Å². The van der Waals surface area contributed by atoms with Crippen LogP contribution in [0.2, 0.25) is 5.02 Å². The first-order chi connectivity index (χ1) is 20.2. The van der Waals surface area contributed by atoms with Crippen LogP contribution in [0.25, 0.3) is 0 Å². The van der Waals surface area contributed by atoms with Gasteiger partial charge in [0.25, 0.3) is 5.91 Å². The summed E-state index contributed by atoms with van der Waals surface area (Å²) in [4.78, 5) is 48.7. The van der Waals surface area contributed by atoms with E-state index in [1.807, 2.05) is 37.3 Å². The zero-order valence-corrected chi connectivity index (χ0v) is 25.6. The van der Waals surface area contributed by atoms with Gasteiger partial charge in [-0.3, -0.25) is 14.4 Å². The van der Waals surface area contributed by atoms with E-state index < -0.39 is 28.7 Å². The van der Waals surface area contributed by atoms with Crippen molar-refractivity contribution in [3.05, 3.63) is 84.9 Å². The summed E-state index contributed by atoms with van der Waals surface area (Å²) in [6.07, 6.45) is 4.55. The first kappa shape index (κ1) is 30.4. The molecule has 5 rings (SSSR count). The van der Waals surface area contributed by atoms with Gasteiger partial charge in [-0.1, -0.05) is 55.8 Å². The molecule has 3 fully saturated rings. The van der Waals surface area contributed by atoms with Crippen LogP contribution in [0.15, 0.2) is 79.9 Å². The normalized spacial score (nSPS) is 28.3. The van der Waals surface area contributed by atoms with Gasteiger partial charge in [-0.2, -0.15) is 0 Å². The predicted octanol–water partition coefficient (Wildman–Crippen LogP) is 5.19. The summed E-state index contributed by atoms with van der Waals surface area (Å²) in [5.74, 6) is -1.88. The highest BCUT2D eigenvalue weighted by Gasteiger charge is 2.77. The first-order valence-corrected chi connectivity index (χ1v) is 15.8. The number of benzene rings is 2. The molecule has 222 valence electrons. The maximum atomic E-state index is 14.8. The van der Waals surface area contributed by atoms with Crippen molar-refractivity contribution in [1.82, 2.24) is 4.90 Å². The van der Waals surface area contributed by atoms with Crippen molar-refractivity contribution in [2.75, 3.05) is 29.5 Å². The Bertz CT molecular complexity index is 1350. The molecule has 1 spiro atoms. The number of amides is 3. The number of hydrogen-bond donors (Lipinski definition) is 1. The number of likely N-dealkylation sites (tertiary alicyclic amines) is 1. The molecule has 2 aromatic carbocycles. The van der Waals surface area contributed by atoms with E-state index in [4.69, 9.17) is 11.6 Å². The van der Waals surface area contributed by atoms with Gasteiger partial charge in [-0.15, -0.1) is 24.9 Å². The molecule has 1 N–H and O–H groups in total. The third-order valence-corrected chi connectivity index (χ3v) is 11.5. The van der Waals surface area contributed by atoms with Crippen molar-refractivity contribution in [2.24, 2.45) is 17.8 Å². The summed E-state index contributed by atoms with van der Waals surface area (Å²) in [5, 5.41) is 10.9. The molecule has 3 aliphatic rings. The Morgan fingerprint density at radius 1 is 1.07 bits per heavy atom. The summed E-state index contributed by atoms with van der Waals surface area (Å²) in [6, 6.07) is 15.0. The van der Waals surface area contributed by atoms with E-state index in [0.717, 1.165) is 12.1 Å². The van der Waals surface area contributed by atoms with Crippen LogP contribution in [-0.2, 0) is 14.4 Å². The molecule has 0 aliphatic carbocycles. The highest BCUT2D eigenvalue weighted by atomic mass is 35.5. The van der Waals surface area contributed by atoms with Gasteiger partial charge in [0.1, 0.15) is 6.04 Å². The number of rotatable bonds is 11. The first-order valence-electron chi connectivity index (χ1n) is 14.5. The summed E-state index contributed by atoms with van der Waals surface area (Å²) >= 11 is 7.78. The van der Waals surface area contributed by atoms with E-state index in [9.17, 15) is 19.5 Å². The Balaban J connectivity index is 1.62. The summed E-state index contributed by atoms with van der Waals surface area (Å²) in [7, 11) is 0. The number of hydrogen-bond acceptors (Lipinski definition) is 5. The average Bonchev–Trinajstić information content (AvgIpc) is 3.59. The summed E-state index contributed by atoms with van der Waals surface area (Å²) in [6.45, 7) is 12.0. The Hall–Kier alpha value is -3.07.